The molecule has 0 spiro atoms. The molecule has 0 aromatic heterocycles. The van der Waals surface area contributed by atoms with Gasteiger partial charge in [0.1, 0.15) is 34.6 Å². The van der Waals surface area contributed by atoms with E-state index in [0.717, 1.165) is 30.5 Å². The lowest BCUT2D eigenvalue weighted by Gasteiger charge is -2.20. The van der Waals surface area contributed by atoms with E-state index < -0.39 is 44.3 Å². The summed E-state index contributed by atoms with van der Waals surface area (Å²) in [5.41, 5.74) is -0.0897. The fraction of sp³-hybridized carbons (Fsp3) is 0.182. The van der Waals surface area contributed by atoms with Crippen LogP contribution in [0, 0.1) is 26.8 Å². The molecule has 0 aliphatic rings. The first-order valence-corrected chi connectivity index (χ1v) is 10.0. The van der Waals surface area contributed by atoms with Crippen molar-refractivity contribution in [1.29, 1.82) is 0 Å². The second-order valence-electron chi connectivity index (χ2n) is 6.58. The van der Waals surface area contributed by atoms with E-state index in [1.807, 2.05) is 6.92 Å². The monoisotopic (exact) mass is 536 g/mol. The van der Waals surface area contributed by atoms with Gasteiger partial charge in [-0.05, 0) is 57.8 Å². The second-order valence-corrected chi connectivity index (χ2v) is 7.66. The summed E-state index contributed by atoms with van der Waals surface area (Å²) in [4.78, 5) is 0. The smallest absolute Gasteiger partial charge is 0.429 e. The van der Waals surface area contributed by atoms with Crippen LogP contribution >= 0.6 is 22.6 Å². The van der Waals surface area contributed by atoms with Crippen LogP contribution < -0.4 is 4.74 Å². The van der Waals surface area contributed by atoms with Gasteiger partial charge < -0.3 is 4.74 Å². The highest BCUT2D eigenvalue weighted by Gasteiger charge is 2.41. The molecule has 0 saturated carbocycles. The van der Waals surface area contributed by atoms with Gasteiger partial charge in [-0.25, -0.2) is 17.6 Å². The number of alkyl halides is 2. The Balaban J connectivity index is 1.94. The number of rotatable bonds is 6. The largest absolute Gasteiger partial charge is 0.432 e. The maximum atomic E-state index is 14.5. The molecule has 0 N–H and O–H groups in total. The van der Waals surface area contributed by atoms with Gasteiger partial charge in [-0.15, -0.1) is 0 Å². The third-order valence-electron chi connectivity index (χ3n) is 4.36. The Bertz CT molecular complexity index is 1020. The Morgan fingerprint density at radius 1 is 0.800 bits per heavy atom. The number of hydrogen-bond donors (Lipinski definition) is 0. The Labute approximate surface area is 182 Å². The van der Waals surface area contributed by atoms with Crippen LogP contribution in [0.5, 0.6) is 5.75 Å². The minimum atomic E-state index is -4.50. The molecule has 1 nitrogen and oxygen atoms in total. The molecular formula is C22H15F6IO. The first kappa shape index (κ1) is 22.5. The molecule has 0 saturated heterocycles. The third kappa shape index (κ3) is 4.74. The fourth-order valence-electron chi connectivity index (χ4n) is 2.96. The van der Waals surface area contributed by atoms with E-state index in [1.165, 1.54) is 22.6 Å². The maximum absolute atomic E-state index is 14.5. The van der Waals surface area contributed by atoms with E-state index >= 15 is 0 Å². The van der Waals surface area contributed by atoms with Gasteiger partial charge in [-0.3, -0.25) is 0 Å². The van der Waals surface area contributed by atoms with Crippen molar-refractivity contribution in [1.82, 2.24) is 0 Å². The van der Waals surface area contributed by atoms with Gasteiger partial charge in [-0.2, -0.15) is 8.78 Å². The molecule has 0 amide bonds. The number of benzene rings is 3. The van der Waals surface area contributed by atoms with Gasteiger partial charge in [-0.1, -0.05) is 37.6 Å². The fourth-order valence-corrected chi connectivity index (χ4v) is 3.27. The minimum Gasteiger partial charge on any atom is -0.429 e. The van der Waals surface area contributed by atoms with Gasteiger partial charge in [0, 0.05) is 12.1 Å². The zero-order valence-corrected chi connectivity index (χ0v) is 17.7. The van der Waals surface area contributed by atoms with Crippen LogP contribution in [-0.2, 0) is 12.5 Å². The van der Waals surface area contributed by atoms with Crippen LogP contribution in [0.4, 0.5) is 26.3 Å². The summed E-state index contributed by atoms with van der Waals surface area (Å²) in [6.45, 7) is 2.01. The van der Waals surface area contributed by atoms with Crippen molar-refractivity contribution in [3.8, 4) is 16.9 Å². The van der Waals surface area contributed by atoms with E-state index in [-0.39, 0.29) is 5.56 Å². The molecule has 8 heteroatoms. The molecule has 3 aromatic carbocycles. The van der Waals surface area contributed by atoms with E-state index in [9.17, 15) is 26.3 Å². The average Bonchev–Trinajstić information content (AvgIpc) is 2.65. The highest BCUT2D eigenvalue weighted by atomic mass is 127. The molecule has 0 atom stereocenters. The lowest BCUT2D eigenvalue weighted by molar-refractivity contribution is -0.189. The molecule has 0 aliphatic carbocycles. The average molecular weight is 536 g/mol. The molecule has 30 heavy (non-hydrogen) atoms. The molecule has 158 valence electrons. The lowest BCUT2D eigenvalue weighted by Crippen LogP contribution is -2.25. The Kier molecular flexibility index (Phi) is 6.64. The minimum absolute atomic E-state index is 0.0685. The van der Waals surface area contributed by atoms with Crippen LogP contribution in [0.15, 0.2) is 48.5 Å². The Hall–Kier alpha value is -2.23. The summed E-state index contributed by atoms with van der Waals surface area (Å²) in [5.74, 6) is -6.25. The summed E-state index contributed by atoms with van der Waals surface area (Å²) < 4.78 is 88.8. The van der Waals surface area contributed by atoms with E-state index in [4.69, 9.17) is 0 Å². The number of halogens is 7. The normalized spacial score (nSPS) is 11.6. The van der Waals surface area contributed by atoms with Gasteiger partial charge in [0.25, 0.3) is 0 Å². The standard InChI is InChI=1S/C22H15F6IO/c1-2-3-12-4-6-13(7-5-12)14-8-16(23)20(17(24)9-14)22(27,28)30-15-10-18(25)21(29)19(26)11-15/h4-11H,2-3H2,1H3. The van der Waals surface area contributed by atoms with Crippen LogP contribution in [0.3, 0.4) is 0 Å². The maximum Gasteiger partial charge on any atom is 0.432 e. The van der Waals surface area contributed by atoms with Gasteiger partial charge in [0.2, 0.25) is 0 Å². The zero-order chi connectivity index (χ0) is 22.1. The van der Waals surface area contributed by atoms with E-state index in [0.29, 0.717) is 17.7 Å². The predicted molar refractivity (Wildman–Crippen MR) is 109 cm³/mol. The summed E-state index contributed by atoms with van der Waals surface area (Å²) in [7, 11) is 0. The topological polar surface area (TPSA) is 9.23 Å². The second kappa shape index (κ2) is 8.87. The highest BCUT2D eigenvalue weighted by Crippen LogP contribution is 2.37. The van der Waals surface area contributed by atoms with Gasteiger partial charge >= 0.3 is 6.11 Å². The van der Waals surface area contributed by atoms with Gasteiger partial charge in [0.05, 0.1) is 3.57 Å². The van der Waals surface area contributed by atoms with Crippen LogP contribution in [0.2, 0.25) is 0 Å². The quantitative estimate of drug-likeness (QED) is 0.179. The van der Waals surface area contributed by atoms with Crippen molar-refractivity contribution in [3.05, 3.63) is 86.5 Å². The van der Waals surface area contributed by atoms with E-state index in [2.05, 4.69) is 4.74 Å². The van der Waals surface area contributed by atoms with Crippen LogP contribution in [0.25, 0.3) is 11.1 Å². The molecular weight excluding hydrogens is 521 g/mol. The summed E-state index contributed by atoms with van der Waals surface area (Å²) in [6, 6.07) is 9.43. The lowest BCUT2D eigenvalue weighted by atomic mass is 10.00. The van der Waals surface area contributed by atoms with Crippen molar-refractivity contribution in [2.24, 2.45) is 0 Å². The highest BCUT2D eigenvalue weighted by molar-refractivity contribution is 14.1. The van der Waals surface area contributed by atoms with E-state index in [1.54, 1.807) is 24.3 Å². The molecule has 0 unspecified atom stereocenters. The van der Waals surface area contributed by atoms with Crippen molar-refractivity contribution in [3.63, 3.8) is 0 Å². The molecule has 0 aliphatic heterocycles. The van der Waals surface area contributed by atoms with Crippen molar-refractivity contribution >= 4 is 22.6 Å². The molecule has 0 bridgehead atoms. The van der Waals surface area contributed by atoms with Crippen molar-refractivity contribution in [2.45, 2.75) is 25.9 Å². The molecule has 0 fully saturated rings. The van der Waals surface area contributed by atoms with Gasteiger partial charge in [0.15, 0.2) is 0 Å². The zero-order valence-electron chi connectivity index (χ0n) is 15.6. The molecule has 3 rings (SSSR count). The molecule has 3 aromatic rings. The first-order chi connectivity index (χ1) is 14.1. The summed E-state index contributed by atoms with van der Waals surface area (Å²) in [6.07, 6.45) is -2.73. The van der Waals surface area contributed by atoms with Crippen LogP contribution in [-0.4, -0.2) is 0 Å². The predicted octanol–water partition coefficient (Wildman–Crippen LogP) is 7.60. The number of ether oxygens (including phenoxy) is 1. The van der Waals surface area contributed by atoms with Crippen LogP contribution in [0.1, 0.15) is 24.5 Å². The van der Waals surface area contributed by atoms with Crippen molar-refractivity contribution < 1.29 is 31.1 Å². The Morgan fingerprint density at radius 2 is 1.33 bits per heavy atom. The van der Waals surface area contributed by atoms with Crippen molar-refractivity contribution in [2.75, 3.05) is 0 Å². The third-order valence-corrected chi connectivity index (χ3v) is 5.39. The molecule has 0 radical (unpaired) electrons. The summed E-state index contributed by atoms with van der Waals surface area (Å²) >= 11 is 1.35. The SMILES string of the molecule is CCCc1ccc(-c2cc(F)c(C(F)(F)Oc3cc(F)c(I)c(F)c3)c(F)c2)cc1. The number of hydrogen-bond acceptors (Lipinski definition) is 1. The first-order valence-electron chi connectivity index (χ1n) is 8.92. The Morgan fingerprint density at radius 3 is 1.83 bits per heavy atom. The number of aryl methyl sites for hydroxylation is 1. The summed E-state index contributed by atoms with van der Waals surface area (Å²) in [5, 5.41) is 0. The molecule has 0 heterocycles.